The second kappa shape index (κ2) is 5.61. The molecule has 0 atom stereocenters. The second-order valence-electron chi connectivity index (χ2n) is 4.19. The van der Waals surface area contributed by atoms with Gasteiger partial charge in [-0.15, -0.1) is 0 Å². The molecule has 0 aliphatic heterocycles. The van der Waals surface area contributed by atoms with Gasteiger partial charge in [-0.3, -0.25) is 4.79 Å². The third kappa shape index (κ3) is 4.38. The first-order chi connectivity index (χ1) is 8.92. The maximum atomic E-state index is 12.2. The van der Waals surface area contributed by atoms with E-state index in [9.17, 15) is 26.4 Å². The molecule has 0 aliphatic rings. The summed E-state index contributed by atoms with van der Waals surface area (Å²) < 4.78 is 58.9. The Morgan fingerprint density at radius 1 is 1.35 bits per heavy atom. The molecule has 20 heavy (non-hydrogen) atoms. The van der Waals surface area contributed by atoms with Gasteiger partial charge in [-0.25, -0.2) is 8.42 Å². The van der Waals surface area contributed by atoms with E-state index >= 15 is 0 Å². The molecule has 0 aromatic heterocycles. The number of alkyl halides is 3. The Morgan fingerprint density at radius 2 is 1.90 bits per heavy atom. The molecular weight excluding hydrogens is 319 g/mol. The van der Waals surface area contributed by atoms with Gasteiger partial charge < -0.3 is 4.90 Å². The summed E-state index contributed by atoms with van der Waals surface area (Å²) in [6.07, 6.45) is -4.50. The van der Waals surface area contributed by atoms with Crippen molar-refractivity contribution in [3.63, 3.8) is 0 Å². The van der Waals surface area contributed by atoms with Gasteiger partial charge in [0, 0.05) is 23.3 Å². The maximum absolute atomic E-state index is 12.2. The molecular formula is C11H11ClF3NO3S. The van der Waals surface area contributed by atoms with Crippen molar-refractivity contribution in [2.24, 2.45) is 0 Å². The maximum Gasteiger partial charge on any atom is 0.406 e. The first-order valence-electron chi connectivity index (χ1n) is 5.29. The van der Waals surface area contributed by atoms with Crippen molar-refractivity contribution in [1.29, 1.82) is 0 Å². The molecule has 0 unspecified atom stereocenters. The number of aryl methyl sites for hydroxylation is 1. The molecule has 0 fully saturated rings. The highest BCUT2D eigenvalue weighted by Crippen LogP contribution is 2.21. The molecule has 1 aromatic rings. The Balaban J connectivity index is 3.07. The molecule has 4 nitrogen and oxygen atoms in total. The zero-order valence-corrected chi connectivity index (χ0v) is 12.1. The molecule has 0 N–H and O–H groups in total. The number of hydrogen-bond donors (Lipinski definition) is 0. The average Bonchev–Trinajstić information content (AvgIpc) is 2.24. The van der Waals surface area contributed by atoms with Crippen molar-refractivity contribution in [2.45, 2.75) is 18.0 Å². The Hall–Kier alpha value is -1.28. The van der Waals surface area contributed by atoms with E-state index in [1.165, 1.54) is 6.92 Å². The van der Waals surface area contributed by atoms with Crippen LogP contribution in [0.4, 0.5) is 13.2 Å². The van der Waals surface area contributed by atoms with Gasteiger partial charge in [0.2, 0.25) is 0 Å². The van der Waals surface area contributed by atoms with Crippen LogP contribution in [0, 0.1) is 6.92 Å². The molecule has 9 heteroatoms. The highest BCUT2D eigenvalue weighted by molar-refractivity contribution is 8.13. The number of hydrogen-bond acceptors (Lipinski definition) is 3. The molecule has 0 aliphatic carbocycles. The minimum Gasteiger partial charge on any atom is -0.333 e. The zero-order chi connectivity index (χ0) is 15.7. The van der Waals surface area contributed by atoms with Gasteiger partial charge in [-0.1, -0.05) is 0 Å². The van der Waals surface area contributed by atoms with Crippen molar-refractivity contribution >= 4 is 25.6 Å². The lowest BCUT2D eigenvalue weighted by atomic mass is 10.1. The predicted octanol–water partition coefficient (Wildman–Crippen LogP) is 2.56. The highest BCUT2D eigenvalue weighted by Gasteiger charge is 2.31. The number of carbonyl (C=O) groups is 1. The van der Waals surface area contributed by atoms with Crippen molar-refractivity contribution in [3.05, 3.63) is 29.3 Å². The summed E-state index contributed by atoms with van der Waals surface area (Å²) in [6, 6.07) is 3.35. The van der Waals surface area contributed by atoms with Crippen LogP contribution < -0.4 is 0 Å². The summed E-state index contributed by atoms with van der Waals surface area (Å²) in [5, 5.41) is 0. The average molecular weight is 330 g/mol. The Labute approximate surface area is 118 Å². The number of rotatable bonds is 3. The van der Waals surface area contributed by atoms with Gasteiger partial charge >= 0.3 is 6.18 Å². The van der Waals surface area contributed by atoms with Crippen LogP contribution in [-0.2, 0) is 9.05 Å². The third-order valence-electron chi connectivity index (χ3n) is 2.47. The van der Waals surface area contributed by atoms with Crippen molar-refractivity contribution in [3.8, 4) is 0 Å². The van der Waals surface area contributed by atoms with E-state index < -0.39 is 27.7 Å². The fraction of sp³-hybridized carbons (Fsp3) is 0.364. The molecule has 1 amide bonds. The van der Waals surface area contributed by atoms with E-state index in [0.29, 0.717) is 4.90 Å². The van der Waals surface area contributed by atoms with E-state index in [0.717, 1.165) is 25.2 Å². The molecule has 0 bridgehead atoms. The molecule has 0 saturated carbocycles. The summed E-state index contributed by atoms with van der Waals surface area (Å²) >= 11 is 0. The normalized spacial score (nSPS) is 12.3. The van der Waals surface area contributed by atoms with Gasteiger partial charge in [0.05, 0.1) is 4.90 Å². The van der Waals surface area contributed by atoms with Crippen LogP contribution in [0.25, 0.3) is 0 Å². The van der Waals surface area contributed by atoms with E-state index in [4.69, 9.17) is 10.7 Å². The quantitative estimate of drug-likeness (QED) is 0.801. The van der Waals surface area contributed by atoms with Crippen LogP contribution in [-0.4, -0.2) is 39.0 Å². The van der Waals surface area contributed by atoms with Gasteiger partial charge in [0.25, 0.3) is 15.0 Å². The Kier molecular flexibility index (Phi) is 4.70. The van der Waals surface area contributed by atoms with Crippen LogP contribution in [0.1, 0.15) is 15.9 Å². The van der Waals surface area contributed by atoms with Gasteiger partial charge in [0.1, 0.15) is 6.54 Å². The number of amides is 1. The molecule has 1 aromatic carbocycles. The number of carbonyl (C=O) groups excluding carboxylic acids is 1. The minimum absolute atomic E-state index is 0.0131. The van der Waals surface area contributed by atoms with Crippen LogP contribution >= 0.6 is 10.7 Å². The van der Waals surface area contributed by atoms with E-state index in [2.05, 4.69) is 0 Å². The van der Waals surface area contributed by atoms with Crippen LogP contribution in [0.2, 0.25) is 0 Å². The summed E-state index contributed by atoms with van der Waals surface area (Å²) in [7, 11) is 2.21. The van der Waals surface area contributed by atoms with Crippen molar-refractivity contribution < 1.29 is 26.4 Å². The Bertz CT molecular complexity index is 628. The number of halogens is 4. The molecule has 1 rings (SSSR count). The first-order valence-corrected chi connectivity index (χ1v) is 7.60. The smallest absolute Gasteiger partial charge is 0.333 e. The van der Waals surface area contributed by atoms with Crippen LogP contribution in [0.5, 0.6) is 0 Å². The van der Waals surface area contributed by atoms with E-state index in [1.807, 2.05) is 0 Å². The lowest BCUT2D eigenvalue weighted by Crippen LogP contribution is -2.36. The third-order valence-corrected chi connectivity index (χ3v) is 3.82. The highest BCUT2D eigenvalue weighted by atomic mass is 35.7. The molecule has 0 radical (unpaired) electrons. The van der Waals surface area contributed by atoms with Crippen LogP contribution in [0.15, 0.2) is 23.1 Å². The van der Waals surface area contributed by atoms with E-state index in [-0.39, 0.29) is 16.0 Å². The summed E-state index contributed by atoms with van der Waals surface area (Å²) in [4.78, 5) is 12.1. The zero-order valence-electron chi connectivity index (χ0n) is 10.5. The lowest BCUT2D eigenvalue weighted by molar-refractivity contribution is -0.138. The topological polar surface area (TPSA) is 54.5 Å². The fourth-order valence-electron chi connectivity index (χ4n) is 1.57. The standard InChI is InChI=1S/C11H11ClF3NO3S/c1-7-5-8(20(12,18)19)3-4-9(7)10(17)16(2)6-11(13,14)15/h3-5H,6H2,1-2H3. The fourth-order valence-corrected chi connectivity index (χ4v) is 2.41. The van der Waals surface area contributed by atoms with Gasteiger partial charge in [-0.2, -0.15) is 13.2 Å². The summed E-state index contributed by atoms with van der Waals surface area (Å²) in [6.45, 7) is 0.0288. The minimum atomic E-state index is -4.50. The number of nitrogens with zero attached hydrogens (tertiary/aromatic N) is 1. The van der Waals surface area contributed by atoms with Crippen LogP contribution in [0.3, 0.4) is 0 Å². The summed E-state index contributed by atoms with van der Waals surface area (Å²) in [5.74, 6) is -0.849. The van der Waals surface area contributed by atoms with Crippen molar-refractivity contribution in [2.75, 3.05) is 13.6 Å². The Morgan fingerprint density at radius 3 is 2.30 bits per heavy atom. The van der Waals surface area contributed by atoms with Gasteiger partial charge in [-0.05, 0) is 30.7 Å². The molecule has 112 valence electrons. The summed E-state index contributed by atoms with van der Waals surface area (Å²) in [5.41, 5.74) is 0.214. The van der Waals surface area contributed by atoms with E-state index in [1.54, 1.807) is 0 Å². The van der Waals surface area contributed by atoms with Crippen molar-refractivity contribution in [1.82, 2.24) is 4.90 Å². The largest absolute Gasteiger partial charge is 0.406 e. The lowest BCUT2D eigenvalue weighted by Gasteiger charge is -2.20. The number of benzene rings is 1. The molecule has 0 heterocycles. The molecule has 0 saturated heterocycles. The predicted molar refractivity (Wildman–Crippen MR) is 67.2 cm³/mol. The second-order valence-corrected chi connectivity index (χ2v) is 6.76. The SMILES string of the molecule is Cc1cc(S(=O)(=O)Cl)ccc1C(=O)N(C)CC(F)(F)F. The monoisotopic (exact) mass is 329 g/mol. The molecule has 0 spiro atoms. The first kappa shape index (κ1) is 16.8. The van der Waals surface area contributed by atoms with Gasteiger partial charge in [0.15, 0.2) is 0 Å².